The van der Waals surface area contributed by atoms with Gasteiger partial charge in [-0.2, -0.15) is 0 Å². The molecule has 0 bridgehead atoms. The first kappa shape index (κ1) is 18.5. The zero-order chi connectivity index (χ0) is 17.5. The SMILES string of the molecule is CCC(=O)N(Cc1ccc(C)cc1)C(C)C(=O)NC1CCCCC1. The third-order valence-corrected chi connectivity index (χ3v) is 4.89. The predicted molar refractivity (Wildman–Crippen MR) is 96.5 cm³/mol. The molecule has 0 saturated heterocycles. The van der Waals surface area contributed by atoms with Crippen molar-refractivity contribution in [2.75, 3.05) is 0 Å². The third-order valence-electron chi connectivity index (χ3n) is 4.89. The van der Waals surface area contributed by atoms with Crippen molar-refractivity contribution >= 4 is 11.8 Å². The first-order chi connectivity index (χ1) is 11.5. The van der Waals surface area contributed by atoms with Crippen LogP contribution in [0.15, 0.2) is 24.3 Å². The van der Waals surface area contributed by atoms with Crippen molar-refractivity contribution in [1.29, 1.82) is 0 Å². The minimum absolute atomic E-state index is 0.0156. The predicted octanol–water partition coefficient (Wildman–Crippen LogP) is 3.57. The van der Waals surface area contributed by atoms with Crippen LogP contribution in [0, 0.1) is 6.92 Å². The van der Waals surface area contributed by atoms with Gasteiger partial charge in [0, 0.05) is 19.0 Å². The lowest BCUT2D eigenvalue weighted by atomic mass is 9.95. The van der Waals surface area contributed by atoms with Crippen molar-refractivity contribution in [3.8, 4) is 0 Å². The second-order valence-corrected chi connectivity index (χ2v) is 6.88. The number of nitrogens with one attached hydrogen (secondary N) is 1. The van der Waals surface area contributed by atoms with Crippen molar-refractivity contribution in [3.63, 3.8) is 0 Å². The lowest BCUT2D eigenvalue weighted by Gasteiger charge is -2.31. The summed E-state index contributed by atoms with van der Waals surface area (Å²) < 4.78 is 0. The molecule has 1 aromatic carbocycles. The largest absolute Gasteiger partial charge is 0.352 e. The average Bonchev–Trinajstić information content (AvgIpc) is 2.61. The molecule has 2 rings (SSSR count). The van der Waals surface area contributed by atoms with E-state index in [1.165, 1.54) is 24.8 Å². The van der Waals surface area contributed by atoms with Gasteiger partial charge in [0.2, 0.25) is 11.8 Å². The molecule has 1 unspecified atom stereocenters. The summed E-state index contributed by atoms with van der Waals surface area (Å²) in [4.78, 5) is 26.7. The first-order valence-corrected chi connectivity index (χ1v) is 9.16. The molecule has 1 saturated carbocycles. The number of rotatable bonds is 6. The molecule has 0 aliphatic heterocycles. The van der Waals surface area contributed by atoms with Gasteiger partial charge in [-0.1, -0.05) is 56.0 Å². The maximum Gasteiger partial charge on any atom is 0.242 e. The third kappa shape index (κ3) is 5.08. The molecule has 0 heterocycles. The van der Waals surface area contributed by atoms with Crippen LogP contribution in [0.3, 0.4) is 0 Å². The fraction of sp³-hybridized carbons (Fsp3) is 0.600. The number of carbonyl (C=O) groups excluding carboxylic acids is 2. The molecule has 0 radical (unpaired) electrons. The van der Waals surface area contributed by atoms with Gasteiger partial charge in [0.1, 0.15) is 6.04 Å². The Morgan fingerprint density at radius 1 is 1.17 bits per heavy atom. The molecule has 1 aliphatic rings. The maximum atomic E-state index is 12.6. The summed E-state index contributed by atoms with van der Waals surface area (Å²) in [5, 5.41) is 3.14. The van der Waals surface area contributed by atoms with Gasteiger partial charge in [0.05, 0.1) is 0 Å². The van der Waals surface area contributed by atoms with E-state index in [0.717, 1.165) is 18.4 Å². The van der Waals surface area contributed by atoms with Crippen LogP contribution in [-0.2, 0) is 16.1 Å². The van der Waals surface area contributed by atoms with Gasteiger partial charge in [-0.05, 0) is 32.3 Å². The number of hydrogen-bond donors (Lipinski definition) is 1. The van der Waals surface area contributed by atoms with Crippen LogP contribution in [0.1, 0.15) is 63.5 Å². The second kappa shape index (κ2) is 8.86. The highest BCUT2D eigenvalue weighted by atomic mass is 16.2. The number of carbonyl (C=O) groups is 2. The lowest BCUT2D eigenvalue weighted by Crippen LogP contribution is -2.50. The van der Waals surface area contributed by atoms with E-state index in [1.54, 1.807) is 4.90 Å². The van der Waals surface area contributed by atoms with Gasteiger partial charge in [0.25, 0.3) is 0 Å². The molecule has 2 amide bonds. The summed E-state index contributed by atoms with van der Waals surface area (Å²) in [6.45, 7) is 6.20. The van der Waals surface area contributed by atoms with Gasteiger partial charge < -0.3 is 10.2 Å². The Morgan fingerprint density at radius 3 is 2.38 bits per heavy atom. The quantitative estimate of drug-likeness (QED) is 0.867. The minimum atomic E-state index is -0.444. The molecule has 1 atom stereocenters. The molecule has 0 spiro atoms. The zero-order valence-electron chi connectivity index (χ0n) is 15.2. The van der Waals surface area contributed by atoms with Crippen molar-refractivity contribution in [2.45, 2.75) is 77.9 Å². The summed E-state index contributed by atoms with van der Waals surface area (Å²) in [5.74, 6) is -0.0160. The standard InChI is InChI=1S/C20H30N2O2/c1-4-19(23)22(14-17-12-10-15(2)11-13-17)16(3)20(24)21-18-8-6-5-7-9-18/h10-13,16,18H,4-9,14H2,1-3H3,(H,21,24). The molecule has 24 heavy (non-hydrogen) atoms. The molecular formula is C20H30N2O2. The number of aryl methyl sites for hydroxylation is 1. The monoisotopic (exact) mass is 330 g/mol. The van der Waals surface area contributed by atoms with Crippen LogP contribution < -0.4 is 5.32 Å². The number of amides is 2. The van der Waals surface area contributed by atoms with Crippen molar-refractivity contribution in [1.82, 2.24) is 10.2 Å². The molecule has 1 aromatic rings. The van der Waals surface area contributed by atoms with Crippen LogP contribution in [0.5, 0.6) is 0 Å². The van der Waals surface area contributed by atoms with Crippen LogP contribution in [0.4, 0.5) is 0 Å². The molecular weight excluding hydrogens is 300 g/mol. The molecule has 4 heteroatoms. The van der Waals surface area contributed by atoms with E-state index >= 15 is 0 Å². The van der Waals surface area contributed by atoms with Gasteiger partial charge >= 0.3 is 0 Å². The van der Waals surface area contributed by atoms with Gasteiger partial charge in [-0.3, -0.25) is 9.59 Å². The summed E-state index contributed by atoms with van der Waals surface area (Å²) in [6.07, 6.45) is 6.14. The summed E-state index contributed by atoms with van der Waals surface area (Å²) in [6, 6.07) is 7.95. The van der Waals surface area contributed by atoms with Crippen molar-refractivity contribution in [2.24, 2.45) is 0 Å². The average molecular weight is 330 g/mol. The Morgan fingerprint density at radius 2 is 1.79 bits per heavy atom. The number of benzene rings is 1. The molecule has 1 fully saturated rings. The number of hydrogen-bond acceptors (Lipinski definition) is 2. The highest BCUT2D eigenvalue weighted by Crippen LogP contribution is 2.18. The Balaban J connectivity index is 2.03. The lowest BCUT2D eigenvalue weighted by molar-refractivity contribution is -0.140. The Labute approximate surface area is 145 Å². The van der Waals surface area contributed by atoms with Crippen molar-refractivity contribution < 1.29 is 9.59 Å². The highest BCUT2D eigenvalue weighted by molar-refractivity contribution is 5.87. The first-order valence-electron chi connectivity index (χ1n) is 9.16. The molecule has 1 aliphatic carbocycles. The topological polar surface area (TPSA) is 49.4 Å². The van der Waals surface area contributed by atoms with E-state index in [4.69, 9.17) is 0 Å². The summed E-state index contributed by atoms with van der Waals surface area (Å²) in [7, 11) is 0. The van der Waals surface area contributed by atoms with E-state index in [1.807, 2.05) is 45.0 Å². The highest BCUT2D eigenvalue weighted by Gasteiger charge is 2.27. The molecule has 0 aromatic heterocycles. The Hall–Kier alpha value is -1.84. The zero-order valence-corrected chi connectivity index (χ0v) is 15.2. The van der Waals surface area contributed by atoms with Crippen molar-refractivity contribution in [3.05, 3.63) is 35.4 Å². The Kier molecular flexibility index (Phi) is 6.83. The van der Waals surface area contributed by atoms with Crippen LogP contribution in [0.25, 0.3) is 0 Å². The minimum Gasteiger partial charge on any atom is -0.352 e. The Bertz CT molecular complexity index is 547. The fourth-order valence-electron chi connectivity index (χ4n) is 3.24. The fourth-order valence-corrected chi connectivity index (χ4v) is 3.24. The second-order valence-electron chi connectivity index (χ2n) is 6.88. The summed E-state index contributed by atoms with van der Waals surface area (Å²) in [5.41, 5.74) is 2.25. The van der Waals surface area contributed by atoms with Crippen LogP contribution >= 0.6 is 0 Å². The van der Waals surface area contributed by atoms with Gasteiger partial charge in [-0.25, -0.2) is 0 Å². The molecule has 4 nitrogen and oxygen atoms in total. The maximum absolute atomic E-state index is 12.6. The van der Waals surface area contributed by atoms with E-state index in [0.29, 0.717) is 13.0 Å². The number of nitrogens with zero attached hydrogens (tertiary/aromatic N) is 1. The van der Waals surface area contributed by atoms with Gasteiger partial charge in [0.15, 0.2) is 0 Å². The van der Waals surface area contributed by atoms with E-state index in [9.17, 15) is 9.59 Å². The molecule has 1 N–H and O–H groups in total. The van der Waals surface area contributed by atoms with Crippen LogP contribution in [-0.4, -0.2) is 28.8 Å². The van der Waals surface area contributed by atoms with E-state index < -0.39 is 6.04 Å². The summed E-state index contributed by atoms with van der Waals surface area (Å²) >= 11 is 0. The van der Waals surface area contributed by atoms with E-state index in [2.05, 4.69) is 5.32 Å². The molecule has 132 valence electrons. The smallest absolute Gasteiger partial charge is 0.242 e. The van der Waals surface area contributed by atoms with E-state index in [-0.39, 0.29) is 17.9 Å². The normalized spacial score (nSPS) is 16.5. The van der Waals surface area contributed by atoms with Gasteiger partial charge in [-0.15, -0.1) is 0 Å². The van der Waals surface area contributed by atoms with Crippen LogP contribution in [0.2, 0.25) is 0 Å².